The van der Waals surface area contributed by atoms with Gasteiger partial charge in [-0.25, -0.2) is 9.59 Å². The Bertz CT molecular complexity index is 512. The highest BCUT2D eigenvalue weighted by atomic mass is 16.6. The summed E-state index contributed by atoms with van der Waals surface area (Å²) in [4.78, 5) is 24.4. The summed E-state index contributed by atoms with van der Waals surface area (Å²) in [5.74, 6) is 1.13. The van der Waals surface area contributed by atoms with Crippen LogP contribution in [0.2, 0.25) is 0 Å². The first-order valence-corrected chi connectivity index (χ1v) is 8.90. The van der Waals surface area contributed by atoms with Crippen LogP contribution in [-0.2, 0) is 14.3 Å². The lowest BCUT2D eigenvalue weighted by Gasteiger charge is -2.40. The molecular weight excluding hydrogens is 310 g/mol. The Kier molecular flexibility index (Phi) is 4.31. The number of carbonyl (C=O) groups excluding carboxylic acids is 2. The molecule has 6 nitrogen and oxygen atoms in total. The molecule has 0 spiro atoms. The van der Waals surface area contributed by atoms with Gasteiger partial charge < -0.3 is 19.9 Å². The molecule has 0 aromatic rings. The second-order valence-electron chi connectivity index (χ2n) is 8.87. The van der Waals surface area contributed by atoms with E-state index in [4.69, 9.17) is 9.47 Å². The van der Waals surface area contributed by atoms with Crippen molar-refractivity contribution in [2.45, 2.75) is 70.6 Å². The maximum absolute atomic E-state index is 12.2. The predicted molar refractivity (Wildman–Crippen MR) is 87.2 cm³/mol. The van der Waals surface area contributed by atoms with Crippen molar-refractivity contribution >= 4 is 12.1 Å². The first-order chi connectivity index (χ1) is 11.1. The third kappa shape index (κ3) is 3.01. The van der Waals surface area contributed by atoms with Crippen LogP contribution in [0.3, 0.4) is 0 Å². The fourth-order valence-corrected chi connectivity index (χ4v) is 5.50. The minimum Gasteiger partial charge on any atom is -0.467 e. The van der Waals surface area contributed by atoms with E-state index >= 15 is 0 Å². The van der Waals surface area contributed by atoms with Crippen molar-refractivity contribution in [3.63, 3.8) is 0 Å². The van der Waals surface area contributed by atoms with Crippen molar-refractivity contribution in [3.05, 3.63) is 0 Å². The van der Waals surface area contributed by atoms with Gasteiger partial charge in [-0.1, -0.05) is 0 Å². The maximum Gasteiger partial charge on any atom is 0.408 e. The third-order valence-corrected chi connectivity index (χ3v) is 6.08. The SMILES string of the molecule is COC(=O)[C@@H](NC(=O)OC(C)(C)C)[C@@H](O)C12CC3CC(CC1C3)C2. The standard InChI is InChI=1S/C18H29NO5/c1-17(2,3)24-16(22)19-13(15(21)23-4)14(20)18-8-10-5-11(9-18)7-12(18)6-10/h10-14,20H,5-9H2,1-4H3,(H,19,22)/t10?,11?,12?,13-,14+,18?/m0/s1. The molecule has 24 heavy (non-hydrogen) atoms. The van der Waals surface area contributed by atoms with Gasteiger partial charge in [-0.15, -0.1) is 0 Å². The van der Waals surface area contributed by atoms with Gasteiger partial charge in [0.25, 0.3) is 0 Å². The van der Waals surface area contributed by atoms with E-state index in [1.807, 2.05) is 0 Å². The first kappa shape index (κ1) is 17.5. The molecule has 0 radical (unpaired) electrons. The molecule has 4 fully saturated rings. The Morgan fingerprint density at radius 2 is 1.75 bits per heavy atom. The van der Waals surface area contributed by atoms with E-state index in [1.54, 1.807) is 20.8 Å². The van der Waals surface area contributed by atoms with Gasteiger partial charge in [0.2, 0.25) is 0 Å². The summed E-state index contributed by atoms with van der Waals surface area (Å²) in [5.41, 5.74) is -0.930. The highest BCUT2D eigenvalue weighted by Gasteiger charge is 2.62. The fourth-order valence-electron chi connectivity index (χ4n) is 5.50. The average Bonchev–Trinajstić information content (AvgIpc) is 2.87. The monoisotopic (exact) mass is 339 g/mol. The molecule has 4 saturated carbocycles. The van der Waals surface area contributed by atoms with Gasteiger partial charge in [0.05, 0.1) is 13.2 Å². The van der Waals surface area contributed by atoms with Crippen LogP contribution in [0.5, 0.6) is 0 Å². The van der Waals surface area contributed by atoms with Gasteiger partial charge in [0, 0.05) is 5.41 Å². The van der Waals surface area contributed by atoms with Crippen LogP contribution in [-0.4, -0.2) is 42.0 Å². The summed E-state index contributed by atoms with van der Waals surface area (Å²) in [6.07, 6.45) is 3.76. The molecule has 0 aromatic carbocycles. The average molecular weight is 339 g/mol. The number of methoxy groups -OCH3 is 1. The van der Waals surface area contributed by atoms with Crippen LogP contribution in [0.4, 0.5) is 4.79 Å². The van der Waals surface area contributed by atoms with Crippen molar-refractivity contribution in [2.24, 2.45) is 23.2 Å². The molecule has 2 unspecified atom stereocenters. The molecule has 4 aliphatic carbocycles. The Balaban J connectivity index is 1.77. The van der Waals surface area contributed by atoms with Crippen molar-refractivity contribution in [1.82, 2.24) is 5.32 Å². The van der Waals surface area contributed by atoms with Crippen LogP contribution < -0.4 is 5.32 Å². The van der Waals surface area contributed by atoms with E-state index in [2.05, 4.69) is 5.32 Å². The van der Waals surface area contributed by atoms with Crippen molar-refractivity contribution < 1.29 is 24.2 Å². The Morgan fingerprint density at radius 3 is 2.25 bits per heavy atom. The lowest BCUT2D eigenvalue weighted by molar-refractivity contribution is -0.150. The van der Waals surface area contributed by atoms with Gasteiger partial charge >= 0.3 is 12.1 Å². The number of ether oxygens (including phenoxy) is 2. The van der Waals surface area contributed by atoms with Crippen molar-refractivity contribution in [1.29, 1.82) is 0 Å². The van der Waals surface area contributed by atoms with E-state index in [0.717, 1.165) is 25.7 Å². The number of carbonyl (C=O) groups is 2. The third-order valence-electron chi connectivity index (χ3n) is 6.08. The number of aliphatic hydroxyl groups excluding tert-OH is 1. The Morgan fingerprint density at radius 1 is 1.17 bits per heavy atom. The minimum absolute atomic E-state index is 0.262. The molecule has 136 valence electrons. The first-order valence-electron chi connectivity index (χ1n) is 8.90. The number of alkyl carbamates (subject to hydrolysis) is 1. The summed E-state index contributed by atoms with van der Waals surface area (Å²) in [6.45, 7) is 5.27. The number of amides is 1. The predicted octanol–water partition coefficient (Wildman–Crippen LogP) is 2.24. The molecular formula is C18H29NO5. The molecule has 0 saturated heterocycles. The van der Waals surface area contributed by atoms with E-state index in [9.17, 15) is 14.7 Å². The molecule has 0 heterocycles. The largest absolute Gasteiger partial charge is 0.467 e. The summed E-state index contributed by atoms with van der Waals surface area (Å²) < 4.78 is 10.1. The second-order valence-corrected chi connectivity index (χ2v) is 8.87. The number of esters is 1. The zero-order valence-corrected chi connectivity index (χ0v) is 15.0. The highest BCUT2D eigenvalue weighted by Crippen LogP contribution is 2.67. The fraction of sp³-hybridized carbons (Fsp3) is 0.889. The van der Waals surface area contributed by atoms with E-state index in [1.165, 1.54) is 13.5 Å². The lowest BCUT2D eigenvalue weighted by Crippen LogP contribution is -2.56. The van der Waals surface area contributed by atoms with Crippen LogP contribution in [0.15, 0.2) is 0 Å². The van der Waals surface area contributed by atoms with Crippen molar-refractivity contribution in [2.75, 3.05) is 7.11 Å². The summed E-state index contributed by atoms with van der Waals surface area (Å²) in [5, 5.41) is 13.6. The van der Waals surface area contributed by atoms with Gasteiger partial charge in [-0.3, -0.25) is 0 Å². The molecule has 4 rings (SSSR count). The van der Waals surface area contributed by atoms with Gasteiger partial charge in [0.1, 0.15) is 5.60 Å². The normalized spacial score (nSPS) is 36.3. The van der Waals surface area contributed by atoms with Gasteiger partial charge in [0.15, 0.2) is 6.04 Å². The molecule has 6 heteroatoms. The molecule has 0 aliphatic heterocycles. The van der Waals surface area contributed by atoms with E-state index in [0.29, 0.717) is 17.8 Å². The molecule has 2 N–H and O–H groups in total. The molecule has 1 amide bonds. The minimum atomic E-state index is -1.08. The molecule has 4 aliphatic rings. The quantitative estimate of drug-likeness (QED) is 0.767. The van der Waals surface area contributed by atoms with Crippen LogP contribution >= 0.6 is 0 Å². The van der Waals surface area contributed by atoms with Crippen LogP contribution in [0, 0.1) is 23.2 Å². The molecule has 0 aromatic heterocycles. The lowest BCUT2D eigenvalue weighted by atomic mass is 9.70. The van der Waals surface area contributed by atoms with Crippen LogP contribution in [0.25, 0.3) is 0 Å². The summed E-state index contributed by atoms with van der Waals surface area (Å²) in [7, 11) is 1.27. The smallest absolute Gasteiger partial charge is 0.408 e. The topological polar surface area (TPSA) is 84.9 Å². The van der Waals surface area contributed by atoms with Gasteiger partial charge in [-0.05, 0) is 70.6 Å². The van der Waals surface area contributed by atoms with Crippen LogP contribution in [0.1, 0.15) is 52.9 Å². The van der Waals surface area contributed by atoms with E-state index < -0.39 is 29.8 Å². The summed E-state index contributed by atoms with van der Waals surface area (Å²) in [6, 6.07) is -1.08. The van der Waals surface area contributed by atoms with E-state index in [-0.39, 0.29) is 5.41 Å². The molecule has 4 atom stereocenters. The molecule has 4 bridgehead atoms. The Hall–Kier alpha value is -1.30. The number of nitrogens with one attached hydrogen (secondary N) is 1. The van der Waals surface area contributed by atoms with Crippen molar-refractivity contribution in [3.8, 4) is 0 Å². The maximum atomic E-state index is 12.2. The van der Waals surface area contributed by atoms with Gasteiger partial charge in [-0.2, -0.15) is 0 Å². The zero-order chi connectivity index (χ0) is 17.7. The highest BCUT2D eigenvalue weighted by molar-refractivity contribution is 5.82. The number of hydrogen-bond acceptors (Lipinski definition) is 5. The Labute approximate surface area is 143 Å². The second kappa shape index (κ2) is 5.90. The number of rotatable bonds is 4. The number of aliphatic hydroxyl groups is 1. The zero-order valence-electron chi connectivity index (χ0n) is 15.0. The summed E-state index contributed by atoms with van der Waals surface area (Å²) >= 11 is 0. The number of hydrogen-bond donors (Lipinski definition) is 2.